The molecule has 0 aliphatic carbocycles. The Kier molecular flexibility index (Phi) is 6.45. The van der Waals surface area contributed by atoms with Crippen molar-refractivity contribution in [3.63, 3.8) is 0 Å². The van der Waals surface area contributed by atoms with E-state index in [9.17, 15) is 0 Å². The lowest BCUT2D eigenvalue weighted by Gasteiger charge is -2.37. The molecule has 7 heteroatoms. The minimum Gasteiger partial charge on any atom is -0.494 e. The molecular weight excluding hydrogens is 424 g/mol. The number of piperidine rings is 1. The van der Waals surface area contributed by atoms with Crippen molar-refractivity contribution in [2.45, 2.75) is 32.4 Å². The first kappa shape index (κ1) is 22.3. The van der Waals surface area contributed by atoms with Crippen molar-refractivity contribution in [1.29, 1.82) is 0 Å². The summed E-state index contributed by atoms with van der Waals surface area (Å²) in [4.78, 5) is 4.85. The van der Waals surface area contributed by atoms with E-state index in [0.717, 1.165) is 66.2 Å². The second-order valence-corrected chi connectivity index (χ2v) is 8.93. The van der Waals surface area contributed by atoms with Crippen LogP contribution in [0, 0.1) is 0 Å². The third-order valence-electron chi connectivity index (χ3n) is 6.81. The molecule has 5 rings (SSSR count). The molecule has 4 aromatic rings. The highest BCUT2D eigenvalue weighted by Gasteiger charge is 2.26. The third-order valence-corrected chi connectivity index (χ3v) is 6.81. The summed E-state index contributed by atoms with van der Waals surface area (Å²) in [6.45, 7) is 5.54. The topological polar surface area (TPSA) is 59.3 Å². The molecule has 0 radical (unpaired) electrons. The Hall–Kier alpha value is -3.45. The summed E-state index contributed by atoms with van der Waals surface area (Å²) in [6, 6.07) is 19.3. The SMILES string of the molecule is CCOc1ccccc1CN(C)C1CCN(c2nnc(-c3ccnn3C)c3ccccc23)CC1. The van der Waals surface area contributed by atoms with Crippen LogP contribution in [0.2, 0.25) is 0 Å². The predicted octanol–water partition coefficient (Wildman–Crippen LogP) is 4.53. The number of fused-ring (bicyclic) bond motifs is 1. The van der Waals surface area contributed by atoms with Gasteiger partial charge in [-0.2, -0.15) is 5.10 Å². The van der Waals surface area contributed by atoms with Crippen molar-refractivity contribution in [2.24, 2.45) is 7.05 Å². The number of ether oxygens (including phenoxy) is 1. The number of anilines is 1. The second kappa shape index (κ2) is 9.81. The van der Waals surface area contributed by atoms with Crippen molar-refractivity contribution >= 4 is 16.6 Å². The van der Waals surface area contributed by atoms with Gasteiger partial charge in [-0.25, -0.2) is 0 Å². The standard InChI is InChI=1S/C27H32N6O/c1-4-34-25-12-8-5-9-20(25)19-31(2)21-14-17-33(18-15-21)27-23-11-7-6-10-22(23)26(29-30-27)24-13-16-28-32(24)3/h5-13,16,21H,4,14-15,17-19H2,1-3H3. The summed E-state index contributed by atoms with van der Waals surface area (Å²) in [5, 5.41) is 15.9. The number of rotatable bonds is 7. The number of aromatic nitrogens is 4. The molecule has 1 saturated heterocycles. The fourth-order valence-electron chi connectivity index (χ4n) is 4.97. The van der Waals surface area contributed by atoms with Crippen LogP contribution < -0.4 is 9.64 Å². The molecule has 0 unspecified atom stereocenters. The van der Waals surface area contributed by atoms with Crippen LogP contribution in [-0.4, -0.2) is 57.7 Å². The maximum Gasteiger partial charge on any atom is 0.159 e. The van der Waals surface area contributed by atoms with E-state index in [1.165, 1.54) is 5.56 Å². The average molecular weight is 457 g/mol. The maximum absolute atomic E-state index is 5.83. The zero-order valence-electron chi connectivity index (χ0n) is 20.2. The highest BCUT2D eigenvalue weighted by atomic mass is 16.5. The van der Waals surface area contributed by atoms with Gasteiger partial charge in [0.25, 0.3) is 0 Å². The Labute approximate surface area is 201 Å². The van der Waals surface area contributed by atoms with Gasteiger partial charge < -0.3 is 9.64 Å². The molecule has 0 saturated carbocycles. The van der Waals surface area contributed by atoms with E-state index in [2.05, 4.69) is 69.5 Å². The first-order valence-corrected chi connectivity index (χ1v) is 12.1. The monoisotopic (exact) mass is 456 g/mol. The smallest absolute Gasteiger partial charge is 0.159 e. The summed E-state index contributed by atoms with van der Waals surface area (Å²) in [7, 11) is 4.16. The Morgan fingerprint density at radius 1 is 0.971 bits per heavy atom. The number of hydrogen-bond acceptors (Lipinski definition) is 6. The summed E-state index contributed by atoms with van der Waals surface area (Å²) in [5.41, 5.74) is 3.10. The molecular formula is C27H32N6O. The molecule has 0 N–H and O–H groups in total. The van der Waals surface area contributed by atoms with E-state index < -0.39 is 0 Å². The van der Waals surface area contributed by atoms with Crippen molar-refractivity contribution in [3.05, 3.63) is 66.4 Å². The van der Waals surface area contributed by atoms with Crippen molar-refractivity contribution in [2.75, 3.05) is 31.6 Å². The van der Waals surface area contributed by atoms with Gasteiger partial charge in [-0.3, -0.25) is 9.58 Å². The highest BCUT2D eigenvalue weighted by Crippen LogP contribution is 2.33. The van der Waals surface area contributed by atoms with Crippen molar-refractivity contribution in [1.82, 2.24) is 24.9 Å². The lowest BCUT2D eigenvalue weighted by Crippen LogP contribution is -2.43. The van der Waals surface area contributed by atoms with Crippen LogP contribution in [0.5, 0.6) is 5.75 Å². The van der Waals surface area contributed by atoms with E-state index >= 15 is 0 Å². The third kappa shape index (κ3) is 4.35. The molecule has 1 aliphatic heterocycles. The molecule has 0 spiro atoms. The predicted molar refractivity (Wildman–Crippen MR) is 136 cm³/mol. The molecule has 34 heavy (non-hydrogen) atoms. The molecule has 0 bridgehead atoms. The normalized spacial score (nSPS) is 14.8. The van der Waals surface area contributed by atoms with E-state index in [-0.39, 0.29) is 0 Å². The first-order valence-electron chi connectivity index (χ1n) is 12.1. The van der Waals surface area contributed by atoms with Crippen LogP contribution in [0.3, 0.4) is 0 Å². The van der Waals surface area contributed by atoms with Gasteiger partial charge in [0.05, 0.1) is 12.3 Å². The van der Waals surface area contributed by atoms with E-state index in [4.69, 9.17) is 9.84 Å². The van der Waals surface area contributed by atoms with Crippen LogP contribution in [0.25, 0.3) is 22.2 Å². The quantitative estimate of drug-likeness (QED) is 0.407. The average Bonchev–Trinajstić information content (AvgIpc) is 3.30. The Bertz CT molecular complexity index is 1260. The van der Waals surface area contributed by atoms with Crippen LogP contribution in [0.4, 0.5) is 5.82 Å². The number of nitrogens with zero attached hydrogens (tertiary/aromatic N) is 6. The Morgan fingerprint density at radius 2 is 1.71 bits per heavy atom. The number of benzene rings is 2. The summed E-state index contributed by atoms with van der Waals surface area (Å²) in [6.07, 6.45) is 3.98. The molecule has 2 aromatic carbocycles. The zero-order valence-corrected chi connectivity index (χ0v) is 20.2. The maximum atomic E-state index is 5.83. The fourth-order valence-corrected chi connectivity index (χ4v) is 4.97. The molecule has 0 atom stereocenters. The largest absolute Gasteiger partial charge is 0.494 e. The van der Waals surface area contributed by atoms with Gasteiger partial charge in [0.2, 0.25) is 0 Å². The van der Waals surface area contributed by atoms with Crippen LogP contribution in [0.15, 0.2) is 60.8 Å². The fraction of sp³-hybridized carbons (Fsp3) is 0.370. The summed E-state index contributed by atoms with van der Waals surface area (Å²) >= 11 is 0. The van der Waals surface area contributed by atoms with Crippen molar-refractivity contribution < 1.29 is 4.74 Å². The minimum atomic E-state index is 0.527. The van der Waals surface area contributed by atoms with Crippen LogP contribution >= 0.6 is 0 Å². The summed E-state index contributed by atoms with van der Waals surface area (Å²) < 4.78 is 7.68. The number of para-hydroxylation sites is 1. The molecule has 0 amide bonds. The lowest BCUT2D eigenvalue weighted by molar-refractivity contribution is 0.197. The lowest BCUT2D eigenvalue weighted by atomic mass is 10.0. The zero-order chi connectivity index (χ0) is 23.5. The van der Waals surface area contributed by atoms with Gasteiger partial charge in [-0.05, 0) is 38.9 Å². The van der Waals surface area contributed by atoms with Crippen molar-refractivity contribution in [3.8, 4) is 17.1 Å². The molecule has 3 heterocycles. The van der Waals surface area contributed by atoms with Gasteiger partial charge in [0, 0.05) is 55.3 Å². The van der Waals surface area contributed by atoms with Gasteiger partial charge in [0.15, 0.2) is 5.82 Å². The minimum absolute atomic E-state index is 0.527. The highest BCUT2D eigenvalue weighted by molar-refractivity contribution is 5.99. The number of aryl methyl sites for hydroxylation is 1. The van der Waals surface area contributed by atoms with Crippen LogP contribution in [-0.2, 0) is 13.6 Å². The molecule has 7 nitrogen and oxygen atoms in total. The molecule has 1 fully saturated rings. The Morgan fingerprint density at radius 3 is 2.44 bits per heavy atom. The van der Waals surface area contributed by atoms with E-state index in [0.29, 0.717) is 12.6 Å². The molecule has 176 valence electrons. The van der Waals surface area contributed by atoms with Gasteiger partial charge in [-0.15, -0.1) is 10.2 Å². The molecule has 1 aliphatic rings. The first-order chi connectivity index (χ1) is 16.7. The Balaban J connectivity index is 1.32. The molecule has 2 aromatic heterocycles. The van der Waals surface area contributed by atoms with Crippen LogP contribution in [0.1, 0.15) is 25.3 Å². The summed E-state index contributed by atoms with van der Waals surface area (Å²) in [5.74, 6) is 1.97. The van der Waals surface area contributed by atoms with E-state index in [1.807, 2.05) is 30.8 Å². The van der Waals surface area contributed by atoms with Gasteiger partial charge in [0.1, 0.15) is 11.4 Å². The second-order valence-electron chi connectivity index (χ2n) is 8.93. The van der Waals surface area contributed by atoms with E-state index in [1.54, 1.807) is 6.20 Å². The van der Waals surface area contributed by atoms with Gasteiger partial charge in [-0.1, -0.05) is 42.5 Å². The van der Waals surface area contributed by atoms with Gasteiger partial charge >= 0.3 is 0 Å². The number of hydrogen-bond donors (Lipinski definition) is 0.